The summed E-state index contributed by atoms with van der Waals surface area (Å²) in [5.41, 5.74) is 1.73. The van der Waals surface area contributed by atoms with Crippen LogP contribution < -0.4 is 4.74 Å². The van der Waals surface area contributed by atoms with Gasteiger partial charge in [0.15, 0.2) is 0 Å². The van der Waals surface area contributed by atoms with E-state index in [1.807, 2.05) is 18.2 Å². The van der Waals surface area contributed by atoms with Crippen LogP contribution in [-0.2, 0) is 6.54 Å². The molecule has 0 amide bonds. The number of benzene rings is 1. The number of fused-ring (bicyclic) bond motifs is 3. The van der Waals surface area contributed by atoms with Crippen molar-refractivity contribution in [3.63, 3.8) is 0 Å². The summed E-state index contributed by atoms with van der Waals surface area (Å²) in [6.45, 7) is 2.15. The molecule has 0 aliphatic heterocycles. The molecule has 3 rings (SSSR count). The molecule has 0 saturated heterocycles. The standard InChI is InChI=1S/C13H14N2O3/c1-8(16)7-15-12-9-5-6-18-11(9)4-3-10(12)13(14-15)17-2/h3-6,8,16H,7H2,1-2H3. The Balaban J connectivity index is 2.36. The van der Waals surface area contributed by atoms with Crippen LogP contribution in [0.25, 0.3) is 21.9 Å². The zero-order valence-corrected chi connectivity index (χ0v) is 10.3. The van der Waals surface area contributed by atoms with Crippen LogP contribution >= 0.6 is 0 Å². The van der Waals surface area contributed by atoms with Crippen LogP contribution in [0.3, 0.4) is 0 Å². The lowest BCUT2D eigenvalue weighted by atomic mass is 10.2. The third-order valence-electron chi connectivity index (χ3n) is 2.94. The van der Waals surface area contributed by atoms with Crippen molar-refractivity contribution in [2.75, 3.05) is 7.11 Å². The Labute approximate surface area is 104 Å². The third-order valence-corrected chi connectivity index (χ3v) is 2.94. The van der Waals surface area contributed by atoms with Gasteiger partial charge in [0.05, 0.1) is 36.9 Å². The topological polar surface area (TPSA) is 60.4 Å². The van der Waals surface area contributed by atoms with E-state index >= 15 is 0 Å². The molecule has 2 heterocycles. The molecule has 0 spiro atoms. The van der Waals surface area contributed by atoms with Gasteiger partial charge in [-0.1, -0.05) is 0 Å². The van der Waals surface area contributed by atoms with Crippen molar-refractivity contribution in [3.8, 4) is 5.88 Å². The van der Waals surface area contributed by atoms with Gasteiger partial charge in [0, 0.05) is 5.39 Å². The summed E-state index contributed by atoms with van der Waals surface area (Å²) < 4.78 is 12.4. The lowest BCUT2D eigenvalue weighted by molar-refractivity contribution is 0.169. The SMILES string of the molecule is COc1nn(CC(C)O)c2c1ccc1occc12. The number of aliphatic hydroxyl groups excluding tert-OH is 1. The number of aromatic nitrogens is 2. The first-order valence-electron chi connectivity index (χ1n) is 5.79. The van der Waals surface area contributed by atoms with E-state index in [1.54, 1.807) is 25.0 Å². The van der Waals surface area contributed by atoms with E-state index in [-0.39, 0.29) is 0 Å². The molecule has 0 aliphatic carbocycles. The number of furan rings is 1. The smallest absolute Gasteiger partial charge is 0.240 e. The molecule has 94 valence electrons. The Morgan fingerprint density at radius 2 is 2.22 bits per heavy atom. The second-order valence-electron chi connectivity index (χ2n) is 4.33. The lowest BCUT2D eigenvalue weighted by Gasteiger charge is -2.05. The van der Waals surface area contributed by atoms with Crippen molar-refractivity contribution in [3.05, 3.63) is 24.5 Å². The Hall–Kier alpha value is -2.01. The minimum absolute atomic E-state index is 0.421. The van der Waals surface area contributed by atoms with Gasteiger partial charge in [0.2, 0.25) is 5.88 Å². The molecule has 2 aromatic heterocycles. The largest absolute Gasteiger partial charge is 0.479 e. The second-order valence-corrected chi connectivity index (χ2v) is 4.33. The molecule has 0 radical (unpaired) electrons. The van der Waals surface area contributed by atoms with E-state index in [4.69, 9.17) is 9.15 Å². The van der Waals surface area contributed by atoms with E-state index in [0.29, 0.717) is 12.4 Å². The fourth-order valence-electron chi connectivity index (χ4n) is 2.23. The fourth-order valence-corrected chi connectivity index (χ4v) is 2.23. The molecule has 0 saturated carbocycles. The van der Waals surface area contributed by atoms with Crippen molar-refractivity contribution in [2.24, 2.45) is 0 Å². The molecule has 3 aromatic rings. The first kappa shape index (κ1) is 11.1. The molecule has 1 unspecified atom stereocenters. The van der Waals surface area contributed by atoms with Crippen molar-refractivity contribution < 1.29 is 14.3 Å². The normalized spacial score (nSPS) is 13.3. The predicted molar refractivity (Wildman–Crippen MR) is 67.7 cm³/mol. The summed E-state index contributed by atoms with van der Waals surface area (Å²) in [6, 6.07) is 5.72. The molecule has 0 aliphatic rings. The molecule has 5 heteroatoms. The van der Waals surface area contributed by atoms with Crippen LogP contribution in [0, 0.1) is 0 Å². The van der Waals surface area contributed by atoms with Gasteiger partial charge in [-0.25, -0.2) is 0 Å². The molecule has 1 N–H and O–H groups in total. The zero-order chi connectivity index (χ0) is 12.7. The van der Waals surface area contributed by atoms with Crippen LogP contribution in [0.1, 0.15) is 6.92 Å². The van der Waals surface area contributed by atoms with E-state index in [9.17, 15) is 5.11 Å². The number of hydrogen-bond donors (Lipinski definition) is 1. The monoisotopic (exact) mass is 246 g/mol. The quantitative estimate of drug-likeness (QED) is 0.769. The van der Waals surface area contributed by atoms with Gasteiger partial charge in [0.1, 0.15) is 5.58 Å². The van der Waals surface area contributed by atoms with E-state index < -0.39 is 6.10 Å². The minimum Gasteiger partial charge on any atom is -0.479 e. The Morgan fingerprint density at radius 1 is 1.39 bits per heavy atom. The Kier molecular flexibility index (Phi) is 2.48. The molecule has 0 bridgehead atoms. The highest BCUT2D eigenvalue weighted by atomic mass is 16.5. The Bertz CT molecular complexity index is 697. The average molecular weight is 246 g/mol. The van der Waals surface area contributed by atoms with E-state index in [2.05, 4.69) is 5.10 Å². The molecule has 5 nitrogen and oxygen atoms in total. The number of rotatable bonds is 3. The maximum absolute atomic E-state index is 9.54. The summed E-state index contributed by atoms with van der Waals surface area (Å²) in [4.78, 5) is 0. The first-order valence-corrected chi connectivity index (χ1v) is 5.79. The molecule has 1 atom stereocenters. The fraction of sp³-hybridized carbons (Fsp3) is 0.308. The molecular formula is C13H14N2O3. The van der Waals surface area contributed by atoms with Gasteiger partial charge < -0.3 is 14.3 Å². The van der Waals surface area contributed by atoms with Gasteiger partial charge in [-0.05, 0) is 25.1 Å². The number of aliphatic hydroxyl groups is 1. The number of methoxy groups -OCH3 is 1. The van der Waals surface area contributed by atoms with E-state index in [0.717, 1.165) is 21.9 Å². The number of nitrogens with zero attached hydrogens (tertiary/aromatic N) is 2. The van der Waals surface area contributed by atoms with Gasteiger partial charge in [-0.3, -0.25) is 4.68 Å². The van der Waals surface area contributed by atoms with E-state index in [1.165, 1.54) is 0 Å². The summed E-state index contributed by atoms with van der Waals surface area (Å²) >= 11 is 0. The lowest BCUT2D eigenvalue weighted by Crippen LogP contribution is -2.12. The van der Waals surface area contributed by atoms with Crippen LogP contribution in [-0.4, -0.2) is 28.1 Å². The van der Waals surface area contributed by atoms with Crippen LogP contribution in [0.5, 0.6) is 5.88 Å². The predicted octanol–water partition coefficient (Wildman–Crippen LogP) is 2.17. The third kappa shape index (κ3) is 1.55. The van der Waals surface area contributed by atoms with Gasteiger partial charge in [-0.15, -0.1) is 5.10 Å². The second kappa shape index (κ2) is 4.03. The van der Waals surface area contributed by atoms with Crippen molar-refractivity contribution >= 4 is 21.9 Å². The van der Waals surface area contributed by atoms with Crippen molar-refractivity contribution in [2.45, 2.75) is 19.6 Å². The molecule has 18 heavy (non-hydrogen) atoms. The summed E-state index contributed by atoms with van der Waals surface area (Å²) in [5, 5.41) is 15.8. The zero-order valence-electron chi connectivity index (χ0n) is 10.3. The average Bonchev–Trinajstić information content (AvgIpc) is 2.91. The van der Waals surface area contributed by atoms with Crippen molar-refractivity contribution in [1.82, 2.24) is 9.78 Å². The van der Waals surface area contributed by atoms with Gasteiger partial charge in [-0.2, -0.15) is 0 Å². The van der Waals surface area contributed by atoms with Crippen LogP contribution in [0.4, 0.5) is 0 Å². The highest BCUT2D eigenvalue weighted by Crippen LogP contribution is 2.32. The number of ether oxygens (including phenoxy) is 1. The maximum Gasteiger partial charge on any atom is 0.240 e. The first-order chi connectivity index (χ1) is 8.70. The summed E-state index contributed by atoms with van der Waals surface area (Å²) in [5.74, 6) is 0.564. The van der Waals surface area contributed by atoms with Crippen molar-refractivity contribution in [1.29, 1.82) is 0 Å². The maximum atomic E-state index is 9.54. The molecular weight excluding hydrogens is 232 g/mol. The molecule has 0 fully saturated rings. The van der Waals surface area contributed by atoms with Crippen LogP contribution in [0.15, 0.2) is 28.9 Å². The summed E-state index contributed by atoms with van der Waals surface area (Å²) in [6.07, 6.45) is 1.18. The van der Waals surface area contributed by atoms with Gasteiger partial charge >= 0.3 is 0 Å². The van der Waals surface area contributed by atoms with Gasteiger partial charge in [0.25, 0.3) is 0 Å². The highest BCUT2D eigenvalue weighted by Gasteiger charge is 2.15. The highest BCUT2D eigenvalue weighted by molar-refractivity contribution is 6.05. The molecule has 1 aromatic carbocycles. The number of hydrogen-bond acceptors (Lipinski definition) is 4. The summed E-state index contributed by atoms with van der Waals surface area (Å²) in [7, 11) is 1.59. The minimum atomic E-state index is -0.472. The Morgan fingerprint density at radius 3 is 2.94 bits per heavy atom. The van der Waals surface area contributed by atoms with Crippen LogP contribution in [0.2, 0.25) is 0 Å².